The van der Waals surface area contributed by atoms with E-state index in [0.29, 0.717) is 62.8 Å². The van der Waals surface area contributed by atoms with E-state index in [-0.39, 0.29) is 36.0 Å². The summed E-state index contributed by atoms with van der Waals surface area (Å²) in [6.07, 6.45) is 2.63. The molecular formula is C41H50N8O6. The number of benzene rings is 3. The molecule has 1 aliphatic heterocycles. The van der Waals surface area contributed by atoms with Crippen LogP contribution in [-0.2, 0) is 25.5 Å². The van der Waals surface area contributed by atoms with Gasteiger partial charge in [-0.1, -0.05) is 30.3 Å². The molecule has 1 unspecified atom stereocenters. The van der Waals surface area contributed by atoms with Crippen LogP contribution in [0.3, 0.4) is 0 Å². The molecule has 1 aromatic heterocycles. The molecule has 2 heterocycles. The third-order valence-electron chi connectivity index (χ3n) is 10.0. The van der Waals surface area contributed by atoms with Crippen molar-refractivity contribution in [3.8, 4) is 22.5 Å². The van der Waals surface area contributed by atoms with Crippen molar-refractivity contribution in [1.29, 1.82) is 0 Å². The molecule has 4 aromatic rings. The van der Waals surface area contributed by atoms with Crippen molar-refractivity contribution in [3.63, 3.8) is 0 Å². The van der Waals surface area contributed by atoms with Gasteiger partial charge in [-0.15, -0.1) is 10.2 Å². The summed E-state index contributed by atoms with van der Waals surface area (Å²) in [5, 5.41) is 23.0. The molecule has 1 aliphatic carbocycles. The number of H-pyrrole nitrogens is 1. The van der Waals surface area contributed by atoms with Gasteiger partial charge >= 0.3 is 6.09 Å². The van der Waals surface area contributed by atoms with Crippen LogP contribution in [0.4, 0.5) is 10.5 Å². The molecule has 55 heavy (non-hydrogen) atoms. The van der Waals surface area contributed by atoms with E-state index in [1.165, 1.54) is 0 Å². The van der Waals surface area contributed by atoms with Crippen molar-refractivity contribution < 1.29 is 28.7 Å². The zero-order chi connectivity index (χ0) is 39.0. The molecule has 2 aliphatic rings. The second-order valence-electron chi connectivity index (χ2n) is 15.3. The Balaban J connectivity index is 1.16. The van der Waals surface area contributed by atoms with Gasteiger partial charge in [-0.05, 0) is 123 Å². The Kier molecular flexibility index (Phi) is 12.6. The van der Waals surface area contributed by atoms with E-state index in [9.17, 15) is 19.2 Å². The highest BCUT2D eigenvalue weighted by molar-refractivity contribution is 5.98. The van der Waals surface area contributed by atoms with E-state index in [0.717, 1.165) is 40.7 Å². The standard InChI is InChI=1S/C41H50N8O6/c1-26-8-9-28(22-34(26)31-6-5-7-32(24-31)39(52)49-18-20-54-21-19-49)23-35(38(51)43-33-16-14-29(15-17-33)36-45-47-48-46-36)44-37(50)30-12-10-27(11-13-30)25-42-40(53)55-41(2,3)4/h5-9,14-17,22,24,27,30,35H,10-13,18-21,23,25H2,1-4H3,(H,42,53)(H,43,51)(H,44,50)(H,45,46,47,48). The summed E-state index contributed by atoms with van der Waals surface area (Å²) in [6.45, 7) is 10.1. The molecule has 1 atom stereocenters. The zero-order valence-electron chi connectivity index (χ0n) is 31.9. The molecule has 3 aromatic carbocycles. The van der Waals surface area contributed by atoms with Gasteiger partial charge in [0.1, 0.15) is 11.6 Å². The first-order valence-corrected chi connectivity index (χ1v) is 18.9. The molecule has 0 spiro atoms. The Hall–Kier alpha value is -5.63. The summed E-state index contributed by atoms with van der Waals surface area (Å²) in [5.74, 6) is -0.145. The molecule has 1 saturated heterocycles. The van der Waals surface area contributed by atoms with Gasteiger partial charge in [-0.2, -0.15) is 5.21 Å². The Morgan fingerprint density at radius 3 is 2.38 bits per heavy atom. The smallest absolute Gasteiger partial charge is 0.407 e. The number of ether oxygens (including phenoxy) is 2. The van der Waals surface area contributed by atoms with Crippen molar-refractivity contribution in [2.75, 3.05) is 38.2 Å². The quantitative estimate of drug-likeness (QED) is 0.158. The highest BCUT2D eigenvalue weighted by Crippen LogP contribution is 2.30. The molecule has 14 heteroatoms. The molecule has 4 amide bonds. The fraction of sp³-hybridized carbons (Fsp3) is 0.439. The van der Waals surface area contributed by atoms with E-state index in [4.69, 9.17) is 9.47 Å². The van der Waals surface area contributed by atoms with E-state index in [2.05, 4.69) is 36.6 Å². The summed E-state index contributed by atoms with van der Waals surface area (Å²) in [7, 11) is 0. The average Bonchev–Trinajstić information content (AvgIpc) is 3.73. The lowest BCUT2D eigenvalue weighted by molar-refractivity contribution is -0.130. The van der Waals surface area contributed by atoms with Crippen LogP contribution in [0.5, 0.6) is 0 Å². The van der Waals surface area contributed by atoms with Gasteiger partial charge in [0.2, 0.25) is 17.6 Å². The minimum Gasteiger partial charge on any atom is -0.444 e. The highest BCUT2D eigenvalue weighted by atomic mass is 16.6. The van der Waals surface area contributed by atoms with Crippen LogP contribution in [0.2, 0.25) is 0 Å². The third-order valence-corrected chi connectivity index (χ3v) is 10.0. The van der Waals surface area contributed by atoms with Gasteiger partial charge in [0.25, 0.3) is 5.91 Å². The van der Waals surface area contributed by atoms with Crippen molar-refractivity contribution in [2.24, 2.45) is 11.8 Å². The number of hydrogen-bond acceptors (Lipinski definition) is 9. The lowest BCUT2D eigenvalue weighted by atomic mass is 9.81. The summed E-state index contributed by atoms with van der Waals surface area (Å²) < 4.78 is 10.8. The van der Waals surface area contributed by atoms with Crippen molar-refractivity contribution in [1.82, 2.24) is 36.2 Å². The molecule has 4 N–H and O–H groups in total. The van der Waals surface area contributed by atoms with Crippen LogP contribution in [-0.4, -0.2) is 93.8 Å². The van der Waals surface area contributed by atoms with Crippen molar-refractivity contribution in [2.45, 2.75) is 71.4 Å². The number of anilines is 1. The van der Waals surface area contributed by atoms with Gasteiger partial charge in [0, 0.05) is 48.8 Å². The summed E-state index contributed by atoms with van der Waals surface area (Å²) in [6, 6.07) is 19.8. The number of alkyl carbamates (subject to hydrolysis) is 1. The fourth-order valence-corrected chi connectivity index (χ4v) is 7.00. The molecule has 0 bridgehead atoms. The highest BCUT2D eigenvalue weighted by Gasteiger charge is 2.30. The molecule has 14 nitrogen and oxygen atoms in total. The molecule has 0 radical (unpaired) electrons. The van der Waals surface area contributed by atoms with Gasteiger partial charge in [-0.25, -0.2) is 4.79 Å². The number of carbonyl (C=O) groups excluding carboxylic acids is 4. The van der Waals surface area contributed by atoms with Crippen LogP contribution < -0.4 is 16.0 Å². The van der Waals surface area contributed by atoms with Crippen LogP contribution in [0.25, 0.3) is 22.5 Å². The lowest BCUT2D eigenvalue weighted by Gasteiger charge is -2.29. The number of rotatable bonds is 11. The first kappa shape index (κ1) is 39.1. The average molecular weight is 751 g/mol. The molecule has 290 valence electrons. The van der Waals surface area contributed by atoms with E-state index < -0.39 is 17.7 Å². The molecule has 1 saturated carbocycles. The zero-order valence-corrected chi connectivity index (χ0v) is 31.9. The van der Waals surface area contributed by atoms with E-state index in [1.807, 2.05) is 75.1 Å². The normalized spacial score (nSPS) is 17.9. The Morgan fingerprint density at radius 1 is 0.945 bits per heavy atom. The molecular weight excluding hydrogens is 701 g/mol. The topological polar surface area (TPSA) is 181 Å². The second-order valence-corrected chi connectivity index (χ2v) is 15.3. The molecule has 6 rings (SSSR count). The number of nitrogens with one attached hydrogen (secondary N) is 4. The maximum Gasteiger partial charge on any atom is 0.407 e. The largest absolute Gasteiger partial charge is 0.444 e. The number of carbonyl (C=O) groups is 4. The van der Waals surface area contributed by atoms with Crippen LogP contribution in [0, 0.1) is 18.8 Å². The summed E-state index contributed by atoms with van der Waals surface area (Å²) in [4.78, 5) is 55.0. The Labute approximate surface area is 321 Å². The first-order valence-electron chi connectivity index (χ1n) is 18.9. The number of aromatic amines is 1. The number of aryl methyl sites for hydroxylation is 1. The minimum absolute atomic E-state index is 0.0305. The van der Waals surface area contributed by atoms with E-state index in [1.54, 1.807) is 24.3 Å². The Morgan fingerprint density at radius 2 is 1.69 bits per heavy atom. The van der Waals surface area contributed by atoms with E-state index >= 15 is 0 Å². The minimum atomic E-state index is -0.874. The van der Waals surface area contributed by atoms with Gasteiger partial charge in [-0.3, -0.25) is 14.4 Å². The van der Waals surface area contributed by atoms with Crippen molar-refractivity contribution >= 4 is 29.5 Å². The predicted molar refractivity (Wildman–Crippen MR) is 207 cm³/mol. The number of amides is 4. The maximum atomic E-state index is 14.0. The Bertz CT molecular complexity index is 1950. The number of aromatic nitrogens is 4. The second kappa shape index (κ2) is 17.7. The van der Waals surface area contributed by atoms with Crippen LogP contribution in [0.1, 0.15) is 67.9 Å². The number of nitrogens with zero attached hydrogens (tertiary/aromatic N) is 4. The maximum absolute atomic E-state index is 14.0. The number of tetrazole rings is 1. The summed E-state index contributed by atoms with van der Waals surface area (Å²) >= 11 is 0. The van der Waals surface area contributed by atoms with Gasteiger partial charge < -0.3 is 30.3 Å². The number of hydrogen-bond donors (Lipinski definition) is 4. The summed E-state index contributed by atoms with van der Waals surface area (Å²) in [5.41, 5.74) is 5.03. The first-order chi connectivity index (χ1) is 26.4. The predicted octanol–water partition coefficient (Wildman–Crippen LogP) is 5.31. The lowest BCUT2D eigenvalue weighted by Crippen LogP contribution is -2.48. The fourth-order valence-electron chi connectivity index (χ4n) is 7.00. The van der Waals surface area contributed by atoms with Gasteiger partial charge in [0.15, 0.2) is 0 Å². The van der Waals surface area contributed by atoms with Crippen LogP contribution >= 0.6 is 0 Å². The van der Waals surface area contributed by atoms with Crippen molar-refractivity contribution in [3.05, 3.63) is 83.4 Å². The SMILES string of the molecule is Cc1ccc(CC(NC(=O)C2CCC(CNC(=O)OC(C)(C)C)CC2)C(=O)Nc2ccc(-c3nn[nH]n3)cc2)cc1-c1cccc(C(=O)N2CCOCC2)c1. The third kappa shape index (κ3) is 10.7. The monoisotopic (exact) mass is 750 g/mol. The van der Waals surface area contributed by atoms with Gasteiger partial charge in [0.05, 0.1) is 13.2 Å². The molecule has 2 fully saturated rings. The van der Waals surface area contributed by atoms with Crippen LogP contribution in [0.15, 0.2) is 66.7 Å². The number of morpholine rings is 1.